The molecule has 12 nitrogen and oxygen atoms in total. The number of benzene rings is 1. The number of β-lactam (4-membered cyclic amide) rings is 1. The number of amides is 2. The van der Waals surface area contributed by atoms with Gasteiger partial charge in [0.2, 0.25) is 6.41 Å². The van der Waals surface area contributed by atoms with Crippen molar-refractivity contribution in [3.05, 3.63) is 45.6 Å². The van der Waals surface area contributed by atoms with Crippen molar-refractivity contribution in [3.63, 3.8) is 0 Å². The summed E-state index contributed by atoms with van der Waals surface area (Å²) in [6, 6.07) is 3.90. The summed E-state index contributed by atoms with van der Waals surface area (Å²) in [6.45, 7) is -0.428. The van der Waals surface area contributed by atoms with E-state index in [-0.39, 0.29) is 28.5 Å². The molecule has 0 aromatic heterocycles. The summed E-state index contributed by atoms with van der Waals surface area (Å²) < 4.78 is 9.80. The number of carbonyl (C=O) groups is 4. The second-order valence-corrected chi connectivity index (χ2v) is 6.93. The second kappa shape index (κ2) is 8.18. The van der Waals surface area contributed by atoms with Crippen LogP contribution in [0.3, 0.4) is 0 Å². The highest BCUT2D eigenvalue weighted by molar-refractivity contribution is 8.00. The molecule has 0 saturated carbocycles. The zero-order valence-corrected chi connectivity index (χ0v) is 15.3. The van der Waals surface area contributed by atoms with Crippen molar-refractivity contribution < 1.29 is 38.7 Å². The fraction of sp³-hybridized carbons (Fsp3) is 0.250. The van der Waals surface area contributed by atoms with Gasteiger partial charge in [-0.2, -0.15) is 0 Å². The first-order valence-electron chi connectivity index (χ1n) is 8.02. The summed E-state index contributed by atoms with van der Waals surface area (Å²) in [5.41, 5.74) is -0.291. The lowest BCUT2D eigenvalue weighted by Gasteiger charge is -2.48. The van der Waals surface area contributed by atoms with Crippen molar-refractivity contribution in [1.82, 2.24) is 10.2 Å². The van der Waals surface area contributed by atoms with Gasteiger partial charge in [0.1, 0.15) is 29.5 Å². The Balaban J connectivity index is 1.65. The fourth-order valence-electron chi connectivity index (χ4n) is 2.80. The van der Waals surface area contributed by atoms with E-state index >= 15 is 0 Å². The molecule has 0 spiro atoms. The van der Waals surface area contributed by atoms with E-state index in [4.69, 9.17) is 9.47 Å². The maximum absolute atomic E-state index is 12.1. The number of ether oxygens (including phenoxy) is 2. The number of non-ortho nitro benzene ring substituents is 1. The molecule has 152 valence electrons. The molecule has 1 aromatic rings. The van der Waals surface area contributed by atoms with E-state index in [0.717, 1.165) is 17.0 Å². The van der Waals surface area contributed by atoms with Crippen molar-refractivity contribution >= 4 is 41.9 Å². The van der Waals surface area contributed by atoms with Gasteiger partial charge in [0.05, 0.1) is 4.92 Å². The quantitative estimate of drug-likeness (QED) is 0.157. The van der Waals surface area contributed by atoms with Gasteiger partial charge in [-0.1, -0.05) is 0 Å². The summed E-state index contributed by atoms with van der Waals surface area (Å²) in [6.07, 6.45) is -0.768. The van der Waals surface area contributed by atoms with Crippen molar-refractivity contribution in [3.8, 4) is 5.75 Å². The third-order valence-corrected chi connectivity index (χ3v) is 5.45. The molecule has 29 heavy (non-hydrogen) atoms. The van der Waals surface area contributed by atoms with E-state index in [1.807, 2.05) is 0 Å². The molecule has 0 aliphatic carbocycles. The molecule has 1 fully saturated rings. The van der Waals surface area contributed by atoms with Gasteiger partial charge < -0.3 is 19.9 Å². The number of aliphatic carboxylic acids is 1. The lowest BCUT2D eigenvalue weighted by Crippen LogP contribution is -2.69. The van der Waals surface area contributed by atoms with E-state index in [2.05, 4.69) is 5.32 Å². The van der Waals surface area contributed by atoms with Crippen LogP contribution in [0, 0.1) is 10.1 Å². The predicted octanol–water partition coefficient (Wildman–Crippen LogP) is 0.479. The van der Waals surface area contributed by atoms with Crippen molar-refractivity contribution in [2.45, 2.75) is 11.4 Å². The van der Waals surface area contributed by atoms with E-state index in [1.165, 1.54) is 23.9 Å². The SMILES string of the molecule is O=CNC1C(=O)N2C(C(=O)O)=C(COC(=O)Oc3ccc([N+](=O)[O-])cc3)CS[C@@H]12. The molecule has 2 atom stereocenters. The van der Waals surface area contributed by atoms with Gasteiger partial charge in [-0.3, -0.25) is 24.6 Å². The molecule has 2 aliphatic rings. The standard InChI is InChI=1S/C16H13N3O9S/c20-7-17-11-13(21)18-12(15(22)23)8(6-29-14(11)18)5-27-16(24)28-10-3-1-9(2-4-10)19(25)26/h1-4,7,11,14H,5-6H2,(H,17,20)(H,22,23)/t11?,14-/m0/s1. The Kier molecular flexibility index (Phi) is 5.68. The van der Waals surface area contributed by atoms with Crippen LogP contribution in [-0.2, 0) is 19.1 Å². The Morgan fingerprint density at radius 2 is 2.07 bits per heavy atom. The molecule has 1 unspecified atom stereocenters. The van der Waals surface area contributed by atoms with Crippen molar-refractivity contribution in [2.24, 2.45) is 0 Å². The largest absolute Gasteiger partial charge is 0.514 e. The lowest BCUT2D eigenvalue weighted by atomic mass is 10.0. The third kappa shape index (κ3) is 3.99. The summed E-state index contributed by atoms with van der Waals surface area (Å²) in [5, 5.41) is 21.9. The van der Waals surface area contributed by atoms with Crippen molar-refractivity contribution in [2.75, 3.05) is 12.4 Å². The molecule has 0 bridgehead atoms. The Morgan fingerprint density at radius 1 is 1.38 bits per heavy atom. The molecular weight excluding hydrogens is 410 g/mol. The van der Waals surface area contributed by atoms with Crippen LogP contribution in [0.4, 0.5) is 10.5 Å². The topological polar surface area (TPSA) is 165 Å². The molecule has 2 N–H and O–H groups in total. The zero-order chi connectivity index (χ0) is 21.1. The summed E-state index contributed by atoms with van der Waals surface area (Å²) in [5.74, 6) is -1.77. The molecule has 1 aromatic carbocycles. The van der Waals surface area contributed by atoms with Crippen LogP contribution < -0.4 is 10.1 Å². The molecule has 0 radical (unpaired) electrons. The number of rotatable bonds is 7. The molecule has 13 heteroatoms. The summed E-state index contributed by atoms with van der Waals surface area (Å²) in [4.78, 5) is 57.1. The Labute approximate surface area is 166 Å². The van der Waals surface area contributed by atoms with E-state index in [1.54, 1.807) is 0 Å². The highest BCUT2D eigenvalue weighted by Gasteiger charge is 2.53. The number of nitrogens with zero attached hydrogens (tertiary/aromatic N) is 2. The van der Waals surface area contributed by atoms with Crippen LogP contribution in [0.25, 0.3) is 0 Å². The highest BCUT2D eigenvalue weighted by atomic mass is 32.2. The number of hydrogen-bond donors (Lipinski definition) is 2. The number of fused-ring (bicyclic) bond motifs is 1. The van der Waals surface area contributed by atoms with Crippen LogP contribution in [-0.4, -0.2) is 63.1 Å². The average molecular weight is 423 g/mol. The van der Waals surface area contributed by atoms with Gasteiger partial charge in [-0.25, -0.2) is 9.59 Å². The smallest absolute Gasteiger partial charge is 0.477 e. The van der Waals surface area contributed by atoms with Gasteiger partial charge >= 0.3 is 12.1 Å². The van der Waals surface area contributed by atoms with E-state index in [9.17, 15) is 34.4 Å². The molecule has 1 saturated heterocycles. The molecule has 3 rings (SSSR count). The number of thioether (sulfide) groups is 1. The predicted molar refractivity (Wildman–Crippen MR) is 95.8 cm³/mol. The number of carboxylic acid groups (broad SMARTS) is 1. The van der Waals surface area contributed by atoms with Crippen LogP contribution in [0.2, 0.25) is 0 Å². The number of hydrogen-bond acceptors (Lipinski definition) is 9. The van der Waals surface area contributed by atoms with Crippen LogP contribution >= 0.6 is 11.8 Å². The van der Waals surface area contributed by atoms with E-state index in [0.29, 0.717) is 6.41 Å². The first-order chi connectivity index (χ1) is 13.8. The zero-order valence-electron chi connectivity index (χ0n) is 14.5. The Morgan fingerprint density at radius 3 is 2.66 bits per heavy atom. The summed E-state index contributed by atoms with van der Waals surface area (Å²) >= 11 is 1.22. The molecular formula is C16H13N3O9S. The number of nitro groups is 1. The first kappa shape index (κ1) is 20.1. The van der Waals surface area contributed by atoms with Crippen LogP contribution in [0.15, 0.2) is 35.5 Å². The molecule has 2 heterocycles. The van der Waals surface area contributed by atoms with E-state index < -0.39 is 41.0 Å². The fourth-order valence-corrected chi connectivity index (χ4v) is 4.13. The third-order valence-electron chi connectivity index (χ3n) is 4.11. The summed E-state index contributed by atoms with van der Waals surface area (Å²) in [7, 11) is 0. The minimum Gasteiger partial charge on any atom is -0.477 e. The van der Waals surface area contributed by atoms with Gasteiger partial charge in [0, 0.05) is 23.5 Å². The lowest BCUT2D eigenvalue weighted by molar-refractivity contribution is -0.384. The molecule has 2 amide bonds. The minimum absolute atomic E-state index is 0.00632. The number of nitro benzene ring substituents is 1. The van der Waals surface area contributed by atoms with Crippen LogP contribution in [0.1, 0.15) is 0 Å². The average Bonchev–Trinajstić information content (AvgIpc) is 2.69. The first-order valence-corrected chi connectivity index (χ1v) is 9.07. The van der Waals surface area contributed by atoms with Gasteiger partial charge in [-0.05, 0) is 12.1 Å². The highest BCUT2D eigenvalue weighted by Crippen LogP contribution is 2.40. The maximum Gasteiger partial charge on any atom is 0.514 e. The monoisotopic (exact) mass is 423 g/mol. The second-order valence-electron chi connectivity index (χ2n) is 5.82. The molecule has 2 aliphatic heterocycles. The minimum atomic E-state index is -1.37. The maximum atomic E-state index is 12.1. The van der Waals surface area contributed by atoms with Gasteiger partial charge in [0.25, 0.3) is 11.6 Å². The number of carbonyl (C=O) groups excluding carboxylic acids is 3. The Bertz CT molecular complexity index is 915. The normalized spacial score (nSPS) is 20.3. The van der Waals surface area contributed by atoms with Gasteiger partial charge in [-0.15, -0.1) is 11.8 Å². The van der Waals surface area contributed by atoms with Gasteiger partial charge in [0.15, 0.2) is 0 Å². The Hall–Kier alpha value is -3.61. The van der Waals surface area contributed by atoms with Crippen LogP contribution in [0.5, 0.6) is 5.75 Å². The number of carboxylic acids is 1. The van der Waals surface area contributed by atoms with Crippen molar-refractivity contribution in [1.29, 1.82) is 0 Å². The number of nitrogens with one attached hydrogen (secondary N) is 1.